The number of sulfonamides is 1. The van der Waals surface area contributed by atoms with Crippen molar-refractivity contribution in [2.45, 2.75) is 24.4 Å². The average Bonchev–Trinajstić information content (AvgIpc) is 3.00. The fraction of sp³-hybridized carbons (Fsp3) is 0.241. The summed E-state index contributed by atoms with van der Waals surface area (Å²) in [6.07, 6.45) is -3.33. The van der Waals surface area contributed by atoms with Crippen LogP contribution in [0.1, 0.15) is 19.2 Å². The number of pyridine rings is 1. The molecule has 4 aromatic rings. The maximum absolute atomic E-state index is 14.1. The summed E-state index contributed by atoms with van der Waals surface area (Å²) in [6.45, 7) is 2.88. The van der Waals surface area contributed by atoms with E-state index in [-0.39, 0.29) is 52.6 Å². The molecule has 0 radical (unpaired) electrons. The van der Waals surface area contributed by atoms with Crippen molar-refractivity contribution < 1.29 is 30.8 Å². The van der Waals surface area contributed by atoms with Gasteiger partial charge in [-0.15, -0.1) is 0 Å². The number of aromatic nitrogens is 3. The van der Waals surface area contributed by atoms with Gasteiger partial charge in [0.1, 0.15) is 17.5 Å². The van der Waals surface area contributed by atoms with Crippen molar-refractivity contribution in [3.05, 3.63) is 84.6 Å². The van der Waals surface area contributed by atoms with Gasteiger partial charge in [0, 0.05) is 44.4 Å². The highest BCUT2D eigenvalue weighted by Gasteiger charge is 2.38. The van der Waals surface area contributed by atoms with Crippen molar-refractivity contribution in [3.63, 3.8) is 0 Å². The van der Waals surface area contributed by atoms with E-state index in [1.165, 1.54) is 43.3 Å². The van der Waals surface area contributed by atoms with Gasteiger partial charge in [-0.25, -0.2) is 32.5 Å². The molecular weight excluding hydrogens is 588 g/mol. The number of rotatable bonds is 7. The second-order valence-electron chi connectivity index (χ2n) is 9.67. The Hall–Kier alpha value is -4.59. The van der Waals surface area contributed by atoms with Crippen molar-refractivity contribution >= 4 is 27.6 Å². The minimum absolute atomic E-state index is 0.0607. The summed E-state index contributed by atoms with van der Waals surface area (Å²) in [5.41, 5.74) is 0.341. The minimum Gasteiger partial charge on any atom is -0.353 e. The van der Waals surface area contributed by atoms with E-state index in [1.807, 2.05) is 21.8 Å². The van der Waals surface area contributed by atoms with Crippen LogP contribution in [-0.4, -0.2) is 55.5 Å². The number of anilines is 2. The third kappa shape index (κ3) is 6.58. The minimum atomic E-state index is -4.91. The summed E-state index contributed by atoms with van der Waals surface area (Å²) in [5, 5.41) is 0. The second-order valence-corrected chi connectivity index (χ2v) is 11.4. The first-order valence-corrected chi connectivity index (χ1v) is 14.8. The predicted octanol–water partition coefficient (Wildman–Crippen LogP) is 4.91. The Morgan fingerprint density at radius 3 is 2.23 bits per heavy atom. The van der Waals surface area contributed by atoms with Crippen LogP contribution in [0.15, 0.2) is 77.8 Å². The quantitative estimate of drug-likeness (QED) is 0.293. The number of nitrogens with zero attached hydrogens (tertiary/aromatic N) is 5. The molecule has 14 heteroatoms. The molecule has 1 amide bonds. The van der Waals surface area contributed by atoms with Crippen LogP contribution in [0.3, 0.4) is 0 Å². The van der Waals surface area contributed by atoms with E-state index in [1.54, 1.807) is 17.2 Å². The number of hydrogen-bond acceptors (Lipinski definition) is 8. The fourth-order valence-corrected chi connectivity index (χ4v) is 5.78. The molecule has 0 saturated carbocycles. The SMILES string of the molecule is CCC(=O)NS(=O)(=O)c1cccc(-c2c(-c3ccc(F)cc3)nc(C(F)(F)F)nc2N2CCN(c3ccccn3)CC2)c1. The van der Waals surface area contributed by atoms with Crippen LogP contribution in [0.2, 0.25) is 0 Å². The van der Waals surface area contributed by atoms with Gasteiger partial charge in [0.15, 0.2) is 0 Å². The smallest absolute Gasteiger partial charge is 0.353 e. The van der Waals surface area contributed by atoms with Crippen molar-refractivity contribution in [2.24, 2.45) is 0 Å². The summed E-state index contributed by atoms with van der Waals surface area (Å²) in [5.74, 6) is -2.05. The Morgan fingerprint density at radius 1 is 0.907 bits per heavy atom. The molecule has 0 spiro atoms. The van der Waals surface area contributed by atoms with E-state index >= 15 is 0 Å². The highest BCUT2D eigenvalue weighted by molar-refractivity contribution is 7.90. The zero-order chi connectivity index (χ0) is 30.8. The van der Waals surface area contributed by atoms with Crippen molar-refractivity contribution in [2.75, 3.05) is 36.0 Å². The molecule has 43 heavy (non-hydrogen) atoms. The van der Waals surface area contributed by atoms with E-state index in [0.717, 1.165) is 18.0 Å². The number of piperazine rings is 1. The van der Waals surface area contributed by atoms with Crippen LogP contribution >= 0.6 is 0 Å². The topological polar surface area (TPSA) is 108 Å². The van der Waals surface area contributed by atoms with Gasteiger partial charge in [0.2, 0.25) is 11.7 Å². The first kappa shape index (κ1) is 29.9. The molecular formula is C29H26F4N6O3S. The number of halogens is 4. The molecule has 0 atom stereocenters. The molecule has 1 fully saturated rings. The Morgan fingerprint density at radius 2 is 1.60 bits per heavy atom. The number of amides is 1. The molecule has 3 heterocycles. The summed E-state index contributed by atoms with van der Waals surface area (Å²) in [4.78, 5) is 27.5. The molecule has 0 bridgehead atoms. The monoisotopic (exact) mass is 614 g/mol. The number of hydrogen-bond donors (Lipinski definition) is 1. The molecule has 1 saturated heterocycles. The average molecular weight is 615 g/mol. The molecule has 0 aliphatic carbocycles. The normalized spacial score (nSPS) is 14.1. The van der Waals surface area contributed by atoms with Crippen LogP contribution in [0.25, 0.3) is 22.4 Å². The molecule has 9 nitrogen and oxygen atoms in total. The van der Waals surface area contributed by atoms with Crippen LogP contribution in [0.5, 0.6) is 0 Å². The largest absolute Gasteiger partial charge is 0.451 e. The standard InChI is InChI=1S/C29H26F4N6O3S/c1-2-24(40)37-43(41,42)22-7-5-6-20(18-22)25-26(19-9-11-21(30)12-10-19)35-28(29(31,32)33)36-27(25)39-16-14-38(15-17-39)23-8-3-4-13-34-23/h3-13,18H,2,14-17H2,1H3,(H,37,40). The highest BCUT2D eigenvalue weighted by Crippen LogP contribution is 2.41. The van der Waals surface area contributed by atoms with Crippen molar-refractivity contribution in [1.29, 1.82) is 0 Å². The molecule has 1 N–H and O–H groups in total. The molecule has 0 unspecified atom stereocenters. The highest BCUT2D eigenvalue weighted by atomic mass is 32.2. The van der Waals surface area contributed by atoms with Crippen LogP contribution in [0.4, 0.5) is 29.2 Å². The summed E-state index contributed by atoms with van der Waals surface area (Å²) >= 11 is 0. The molecule has 2 aromatic heterocycles. The lowest BCUT2D eigenvalue weighted by Gasteiger charge is -2.37. The third-order valence-electron chi connectivity index (χ3n) is 6.82. The second kappa shape index (κ2) is 12.0. The molecule has 1 aliphatic rings. The van der Waals surface area contributed by atoms with Crippen molar-refractivity contribution in [3.8, 4) is 22.4 Å². The Bertz CT molecular complexity index is 1730. The van der Waals surface area contributed by atoms with E-state index < -0.39 is 33.7 Å². The maximum Gasteiger partial charge on any atom is 0.451 e. The van der Waals surface area contributed by atoms with Crippen molar-refractivity contribution in [1.82, 2.24) is 19.7 Å². The van der Waals surface area contributed by atoms with E-state index in [2.05, 4.69) is 15.0 Å². The summed E-state index contributed by atoms with van der Waals surface area (Å²) in [6, 6.07) is 15.7. The van der Waals surface area contributed by atoms with E-state index in [0.29, 0.717) is 13.1 Å². The van der Waals surface area contributed by atoms with Gasteiger partial charge in [-0.2, -0.15) is 13.2 Å². The van der Waals surface area contributed by atoms with E-state index in [9.17, 15) is 30.8 Å². The van der Waals surface area contributed by atoms with Crippen LogP contribution in [0, 0.1) is 5.82 Å². The number of benzene rings is 2. The maximum atomic E-state index is 14.1. The molecule has 5 rings (SSSR count). The number of carbonyl (C=O) groups excluding carboxylic acids is 1. The van der Waals surface area contributed by atoms with Gasteiger partial charge in [-0.1, -0.05) is 25.1 Å². The van der Waals surface area contributed by atoms with Gasteiger partial charge in [0.05, 0.1) is 16.2 Å². The van der Waals surface area contributed by atoms with E-state index in [4.69, 9.17) is 0 Å². The van der Waals surface area contributed by atoms with Crippen LogP contribution in [-0.2, 0) is 21.0 Å². The lowest BCUT2D eigenvalue weighted by atomic mass is 9.98. The Labute approximate surface area is 245 Å². The number of alkyl halides is 3. The van der Waals surface area contributed by atoms with Gasteiger partial charge in [-0.05, 0) is 54.1 Å². The lowest BCUT2D eigenvalue weighted by molar-refractivity contribution is -0.144. The molecule has 1 aliphatic heterocycles. The first-order valence-electron chi connectivity index (χ1n) is 13.3. The lowest BCUT2D eigenvalue weighted by Crippen LogP contribution is -2.47. The third-order valence-corrected chi connectivity index (χ3v) is 8.19. The van der Waals surface area contributed by atoms with Crippen LogP contribution < -0.4 is 14.5 Å². The molecule has 2 aromatic carbocycles. The Balaban J connectivity index is 1.68. The van der Waals surface area contributed by atoms with Gasteiger partial charge in [0.25, 0.3) is 10.0 Å². The van der Waals surface area contributed by atoms with Gasteiger partial charge < -0.3 is 9.80 Å². The molecule has 224 valence electrons. The fourth-order valence-electron chi connectivity index (χ4n) is 4.67. The first-order chi connectivity index (χ1) is 20.5. The summed E-state index contributed by atoms with van der Waals surface area (Å²) in [7, 11) is -4.29. The van der Waals surface area contributed by atoms with Gasteiger partial charge >= 0.3 is 6.18 Å². The zero-order valence-corrected chi connectivity index (χ0v) is 23.7. The number of nitrogens with one attached hydrogen (secondary N) is 1. The Kier molecular flexibility index (Phi) is 8.31. The predicted molar refractivity (Wildman–Crippen MR) is 152 cm³/mol. The van der Waals surface area contributed by atoms with Gasteiger partial charge in [-0.3, -0.25) is 4.79 Å². The number of carbonyl (C=O) groups is 1. The summed E-state index contributed by atoms with van der Waals surface area (Å²) < 4.78 is 84.1. The zero-order valence-electron chi connectivity index (χ0n) is 22.8.